The fourth-order valence-electron chi connectivity index (χ4n) is 7.61. The SMILES string of the molecule is CCCN1C[C@@H](COC(c2ccccc2)(c2ccccc2)c2ccccc2)OC1=O.O=C1NC[C@@H](COC(c2ccccc2)(c2ccccc2)c2ccccc2)O1.S.S. The highest BCUT2D eigenvalue weighted by Gasteiger charge is 2.41. The third kappa shape index (κ3) is 10.2. The summed E-state index contributed by atoms with van der Waals surface area (Å²) in [5.41, 5.74) is 4.61. The molecular formula is C49H52N2O6S2. The maximum absolute atomic E-state index is 12.2. The zero-order valence-electron chi connectivity index (χ0n) is 33.1. The Bertz CT molecular complexity index is 1960. The van der Waals surface area contributed by atoms with Gasteiger partial charge in [-0.3, -0.25) is 0 Å². The van der Waals surface area contributed by atoms with Gasteiger partial charge in [-0.25, -0.2) is 9.59 Å². The lowest BCUT2D eigenvalue weighted by atomic mass is 9.80. The van der Waals surface area contributed by atoms with Gasteiger partial charge in [0.15, 0.2) is 0 Å². The molecule has 2 aliphatic heterocycles. The first-order valence-electron chi connectivity index (χ1n) is 19.5. The van der Waals surface area contributed by atoms with Crippen LogP contribution in [0.5, 0.6) is 0 Å². The van der Waals surface area contributed by atoms with Crippen LogP contribution in [0.3, 0.4) is 0 Å². The summed E-state index contributed by atoms with van der Waals surface area (Å²) in [6, 6.07) is 61.1. The van der Waals surface area contributed by atoms with Gasteiger partial charge in [0, 0.05) is 6.54 Å². The minimum atomic E-state index is -0.797. The van der Waals surface area contributed by atoms with Crippen molar-refractivity contribution in [1.29, 1.82) is 0 Å². The Labute approximate surface area is 361 Å². The van der Waals surface area contributed by atoms with Crippen molar-refractivity contribution in [1.82, 2.24) is 10.2 Å². The molecule has 2 amide bonds. The second kappa shape index (κ2) is 21.5. The topological polar surface area (TPSA) is 86.3 Å². The number of carbonyl (C=O) groups is 2. The monoisotopic (exact) mass is 828 g/mol. The van der Waals surface area contributed by atoms with Gasteiger partial charge in [-0.05, 0) is 39.8 Å². The van der Waals surface area contributed by atoms with Crippen molar-refractivity contribution in [3.8, 4) is 0 Å². The summed E-state index contributed by atoms with van der Waals surface area (Å²) in [5.74, 6) is 0. The van der Waals surface area contributed by atoms with E-state index in [1.807, 2.05) is 109 Å². The van der Waals surface area contributed by atoms with E-state index in [4.69, 9.17) is 18.9 Å². The van der Waals surface area contributed by atoms with Gasteiger partial charge in [-0.1, -0.05) is 189 Å². The fourth-order valence-corrected chi connectivity index (χ4v) is 7.61. The number of amides is 2. The van der Waals surface area contributed by atoms with Gasteiger partial charge < -0.3 is 29.2 Å². The molecule has 2 aliphatic rings. The summed E-state index contributed by atoms with van der Waals surface area (Å²) in [4.78, 5) is 25.3. The Hall–Kier alpha value is -5.52. The number of nitrogens with one attached hydrogen (secondary N) is 1. The maximum Gasteiger partial charge on any atom is 0.410 e. The Morgan fingerprint density at radius 1 is 0.525 bits per heavy atom. The number of carbonyl (C=O) groups excluding carboxylic acids is 2. The molecule has 306 valence electrons. The molecule has 8 nitrogen and oxygen atoms in total. The largest absolute Gasteiger partial charge is 0.442 e. The number of hydrogen-bond donors (Lipinski definition) is 1. The molecule has 2 atom stereocenters. The van der Waals surface area contributed by atoms with Crippen LogP contribution in [0.15, 0.2) is 182 Å². The molecule has 0 aliphatic carbocycles. The van der Waals surface area contributed by atoms with Gasteiger partial charge in [-0.2, -0.15) is 27.0 Å². The van der Waals surface area contributed by atoms with Crippen molar-refractivity contribution in [3.63, 3.8) is 0 Å². The highest BCUT2D eigenvalue weighted by molar-refractivity contribution is 7.59. The van der Waals surface area contributed by atoms with Crippen LogP contribution < -0.4 is 5.32 Å². The van der Waals surface area contributed by atoms with Gasteiger partial charge in [0.05, 0.1) is 26.3 Å². The summed E-state index contributed by atoms with van der Waals surface area (Å²) in [7, 11) is 0. The van der Waals surface area contributed by atoms with E-state index in [-0.39, 0.29) is 51.9 Å². The van der Waals surface area contributed by atoms with Gasteiger partial charge in [-0.15, -0.1) is 0 Å². The van der Waals surface area contributed by atoms with Crippen LogP contribution in [0.2, 0.25) is 0 Å². The zero-order chi connectivity index (χ0) is 39.3. The summed E-state index contributed by atoms with van der Waals surface area (Å²) in [6.07, 6.45) is -0.346. The first-order valence-corrected chi connectivity index (χ1v) is 19.5. The van der Waals surface area contributed by atoms with Crippen LogP contribution in [0.1, 0.15) is 46.7 Å². The molecule has 0 spiro atoms. The number of rotatable bonds is 14. The van der Waals surface area contributed by atoms with E-state index < -0.39 is 17.3 Å². The molecule has 8 rings (SSSR count). The average Bonchev–Trinajstić information content (AvgIpc) is 3.87. The van der Waals surface area contributed by atoms with Gasteiger partial charge in [0.2, 0.25) is 0 Å². The summed E-state index contributed by atoms with van der Waals surface area (Å²) in [5, 5.41) is 2.68. The molecule has 0 aromatic heterocycles. The van der Waals surface area contributed by atoms with Crippen LogP contribution >= 0.6 is 27.0 Å². The molecular weight excluding hydrogens is 777 g/mol. The average molecular weight is 829 g/mol. The molecule has 0 saturated carbocycles. The second-order valence-electron chi connectivity index (χ2n) is 14.0. The van der Waals surface area contributed by atoms with E-state index in [2.05, 4.69) is 85.0 Å². The summed E-state index contributed by atoms with van der Waals surface area (Å²) >= 11 is 0. The number of cyclic esters (lactones) is 2. The Morgan fingerprint density at radius 2 is 0.847 bits per heavy atom. The molecule has 10 heteroatoms. The molecule has 0 unspecified atom stereocenters. The second-order valence-corrected chi connectivity index (χ2v) is 14.0. The Kier molecular flexibility index (Phi) is 16.2. The van der Waals surface area contributed by atoms with Crippen LogP contribution in [0.25, 0.3) is 0 Å². The van der Waals surface area contributed by atoms with Gasteiger partial charge >= 0.3 is 12.2 Å². The molecule has 0 bridgehead atoms. The van der Waals surface area contributed by atoms with Crippen molar-refractivity contribution in [2.45, 2.75) is 36.8 Å². The third-order valence-electron chi connectivity index (χ3n) is 10.2. The number of hydrogen-bond acceptors (Lipinski definition) is 6. The van der Waals surface area contributed by atoms with Gasteiger partial charge in [0.25, 0.3) is 0 Å². The van der Waals surface area contributed by atoms with Crippen molar-refractivity contribution in [2.75, 3.05) is 32.8 Å². The van der Waals surface area contributed by atoms with Crippen LogP contribution in [0, 0.1) is 0 Å². The highest BCUT2D eigenvalue weighted by atomic mass is 32.1. The minimum Gasteiger partial charge on any atom is -0.442 e. The molecule has 0 radical (unpaired) electrons. The van der Waals surface area contributed by atoms with E-state index >= 15 is 0 Å². The summed E-state index contributed by atoms with van der Waals surface area (Å²) < 4.78 is 24.2. The number of alkyl carbamates (subject to hydrolysis) is 1. The van der Waals surface area contributed by atoms with Crippen LogP contribution in [-0.2, 0) is 30.1 Å². The van der Waals surface area contributed by atoms with Crippen molar-refractivity contribution < 1.29 is 28.5 Å². The standard InChI is InChI=1S/C26H27NO3.C23H21NO3.2H2S/c1-2-18-27-19-24(30-25(27)28)20-29-26(21-12-6-3-7-13-21,22-14-8-4-9-15-22)23-16-10-5-11-17-23;25-22-24-16-21(27-22)17-26-23(18-10-4-1-5-11-18,19-12-6-2-7-13-19)20-14-8-3-9-15-20;;/h3-17,24H,2,18-20H2,1H3;1-15,21H,16-17H2,(H,24,25);2*1H2/t24-;21-;;/m00../s1. The van der Waals surface area contributed by atoms with Crippen molar-refractivity contribution in [2.24, 2.45) is 0 Å². The van der Waals surface area contributed by atoms with E-state index in [1.54, 1.807) is 4.90 Å². The predicted molar refractivity (Wildman–Crippen MR) is 241 cm³/mol. The molecule has 6 aromatic carbocycles. The highest BCUT2D eigenvalue weighted by Crippen LogP contribution is 2.42. The summed E-state index contributed by atoms with van der Waals surface area (Å²) in [6.45, 7) is 4.37. The Morgan fingerprint density at radius 3 is 1.14 bits per heavy atom. The molecule has 6 aromatic rings. The van der Waals surface area contributed by atoms with E-state index in [0.717, 1.165) is 39.8 Å². The molecule has 59 heavy (non-hydrogen) atoms. The van der Waals surface area contributed by atoms with Crippen LogP contribution in [0.4, 0.5) is 9.59 Å². The lowest BCUT2D eigenvalue weighted by Gasteiger charge is -2.36. The predicted octanol–water partition coefficient (Wildman–Crippen LogP) is 9.55. The van der Waals surface area contributed by atoms with Gasteiger partial charge in [0.1, 0.15) is 23.4 Å². The molecule has 2 fully saturated rings. The van der Waals surface area contributed by atoms with E-state index in [1.165, 1.54) is 0 Å². The van der Waals surface area contributed by atoms with Crippen molar-refractivity contribution >= 4 is 39.2 Å². The van der Waals surface area contributed by atoms with Crippen molar-refractivity contribution in [3.05, 3.63) is 215 Å². The van der Waals surface area contributed by atoms with E-state index in [9.17, 15) is 9.59 Å². The normalized spacial score (nSPS) is 16.0. The number of nitrogens with zero attached hydrogens (tertiary/aromatic N) is 1. The molecule has 2 saturated heterocycles. The first kappa shape index (κ1) is 44.6. The molecule has 2 heterocycles. The number of benzene rings is 6. The van der Waals surface area contributed by atoms with Crippen LogP contribution in [-0.4, -0.2) is 62.1 Å². The zero-order valence-corrected chi connectivity index (χ0v) is 35.1. The maximum atomic E-state index is 12.2. The smallest absolute Gasteiger partial charge is 0.410 e. The number of ether oxygens (including phenoxy) is 4. The first-order chi connectivity index (χ1) is 28.0. The lowest BCUT2D eigenvalue weighted by Crippen LogP contribution is -2.36. The quantitative estimate of drug-likeness (QED) is 0.110. The lowest BCUT2D eigenvalue weighted by molar-refractivity contribution is -0.0298. The third-order valence-corrected chi connectivity index (χ3v) is 10.2. The van der Waals surface area contributed by atoms with E-state index in [0.29, 0.717) is 26.2 Å². The Balaban J connectivity index is 0.000000218. The molecule has 1 N–H and O–H groups in total. The fraction of sp³-hybridized carbons (Fsp3) is 0.224. The minimum absolute atomic E-state index is 0.